The maximum atomic E-state index is 15.2. The van der Waals surface area contributed by atoms with Gasteiger partial charge >= 0.3 is 0 Å². The predicted molar refractivity (Wildman–Crippen MR) is 127 cm³/mol. The highest BCUT2D eigenvalue weighted by atomic mass is 19.1. The average molecular weight is 449 g/mol. The largest absolute Gasteiger partial charge is 0.486 e. The molecule has 0 amide bonds. The zero-order valence-corrected chi connectivity index (χ0v) is 18.6. The van der Waals surface area contributed by atoms with Crippen molar-refractivity contribution in [2.75, 3.05) is 13.1 Å². The van der Waals surface area contributed by atoms with Gasteiger partial charge in [0.2, 0.25) is 0 Å². The average Bonchev–Trinajstić information content (AvgIpc) is 3.35. The molecule has 33 heavy (non-hydrogen) atoms. The van der Waals surface area contributed by atoms with Crippen molar-refractivity contribution in [2.24, 2.45) is 10.7 Å². The Morgan fingerprint density at radius 2 is 1.79 bits per heavy atom. The summed E-state index contributed by atoms with van der Waals surface area (Å²) >= 11 is 0. The molecule has 2 heterocycles. The van der Waals surface area contributed by atoms with E-state index in [0.29, 0.717) is 36.0 Å². The molecule has 170 valence electrons. The van der Waals surface area contributed by atoms with Crippen molar-refractivity contribution >= 4 is 17.1 Å². The van der Waals surface area contributed by atoms with Crippen LogP contribution >= 0.6 is 0 Å². The van der Waals surface area contributed by atoms with Crippen molar-refractivity contribution in [3.63, 3.8) is 0 Å². The van der Waals surface area contributed by atoms with Gasteiger partial charge in [-0.15, -0.1) is 0 Å². The number of benzene rings is 2. The highest BCUT2D eigenvalue weighted by molar-refractivity contribution is 6.29. The fourth-order valence-corrected chi connectivity index (χ4v) is 3.63. The second kappa shape index (κ2) is 9.81. The van der Waals surface area contributed by atoms with E-state index in [1.807, 2.05) is 24.3 Å². The third-order valence-corrected chi connectivity index (χ3v) is 5.50. The molecule has 2 aromatic carbocycles. The molecule has 0 saturated heterocycles. The molecule has 0 aliphatic carbocycles. The van der Waals surface area contributed by atoms with Gasteiger partial charge in [0.15, 0.2) is 11.6 Å². The van der Waals surface area contributed by atoms with Gasteiger partial charge in [-0.25, -0.2) is 8.78 Å². The van der Waals surface area contributed by atoms with Gasteiger partial charge in [-0.3, -0.25) is 9.98 Å². The second-order valence-electron chi connectivity index (χ2n) is 8.13. The van der Waals surface area contributed by atoms with Crippen LogP contribution < -0.4 is 15.8 Å². The van der Waals surface area contributed by atoms with Gasteiger partial charge < -0.3 is 15.8 Å². The first-order valence-corrected chi connectivity index (χ1v) is 10.8. The van der Waals surface area contributed by atoms with Crippen molar-refractivity contribution in [3.05, 3.63) is 94.8 Å². The monoisotopic (exact) mass is 448 g/mol. The van der Waals surface area contributed by atoms with Crippen molar-refractivity contribution in [1.29, 1.82) is 0 Å². The van der Waals surface area contributed by atoms with Crippen LogP contribution in [-0.2, 0) is 6.61 Å². The van der Waals surface area contributed by atoms with E-state index in [4.69, 9.17) is 10.5 Å². The molecular formula is C26H26F2N4O. The Kier molecular flexibility index (Phi) is 6.68. The summed E-state index contributed by atoms with van der Waals surface area (Å²) in [4.78, 5) is 8.36. The Hall–Kier alpha value is -3.74. The third kappa shape index (κ3) is 5.03. The number of ether oxygens (including phenoxy) is 1. The SMILES string of the molecule is CC(C)c1ccc(COc2cc(F)c(C(C3=NCCN3)=C(N)c3ccncc3)cc2F)cc1. The Labute approximate surface area is 192 Å². The third-order valence-electron chi connectivity index (χ3n) is 5.50. The highest BCUT2D eigenvalue weighted by Gasteiger charge is 2.23. The summed E-state index contributed by atoms with van der Waals surface area (Å²) in [6, 6.07) is 13.5. The summed E-state index contributed by atoms with van der Waals surface area (Å²) in [6.45, 7) is 5.49. The lowest BCUT2D eigenvalue weighted by molar-refractivity contribution is 0.288. The smallest absolute Gasteiger partial charge is 0.165 e. The molecule has 3 aromatic rings. The minimum atomic E-state index is -0.677. The van der Waals surface area contributed by atoms with E-state index >= 15 is 4.39 Å². The lowest BCUT2D eigenvalue weighted by Crippen LogP contribution is -2.23. The van der Waals surface area contributed by atoms with Crippen LogP contribution in [0.5, 0.6) is 5.75 Å². The molecule has 5 nitrogen and oxygen atoms in total. The summed E-state index contributed by atoms with van der Waals surface area (Å²) in [7, 11) is 0. The van der Waals surface area contributed by atoms with Crippen LogP contribution in [0.15, 0.2) is 65.9 Å². The van der Waals surface area contributed by atoms with Crippen LogP contribution in [0.1, 0.15) is 42.0 Å². The molecular weight excluding hydrogens is 422 g/mol. The Morgan fingerprint density at radius 3 is 2.42 bits per heavy atom. The summed E-state index contributed by atoms with van der Waals surface area (Å²) < 4.78 is 35.8. The molecule has 3 N–H and O–H groups in total. The van der Waals surface area contributed by atoms with Crippen LogP contribution in [0, 0.1) is 11.6 Å². The molecule has 0 unspecified atom stereocenters. The first-order chi connectivity index (χ1) is 15.9. The normalized spacial score (nSPS) is 14.0. The van der Waals surface area contributed by atoms with Crippen LogP contribution in [0.3, 0.4) is 0 Å². The fraction of sp³-hybridized carbons (Fsp3) is 0.231. The summed E-state index contributed by atoms with van der Waals surface area (Å²) in [6.07, 6.45) is 3.18. The number of nitrogens with zero attached hydrogens (tertiary/aromatic N) is 2. The molecule has 0 atom stereocenters. The highest BCUT2D eigenvalue weighted by Crippen LogP contribution is 2.31. The Morgan fingerprint density at radius 1 is 1.06 bits per heavy atom. The number of hydrogen-bond donors (Lipinski definition) is 2. The summed E-state index contributed by atoms with van der Waals surface area (Å²) in [5.74, 6) is -0.637. The molecule has 4 rings (SSSR count). The summed E-state index contributed by atoms with van der Waals surface area (Å²) in [5.41, 5.74) is 9.71. The van der Waals surface area contributed by atoms with Gasteiger partial charge in [0, 0.05) is 36.1 Å². The number of hydrogen-bond acceptors (Lipinski definition) is 5. The maximum absolute atomic E-state index is 15.2. The van der Waals surface area contributed by atoms with Crippen LogP contribution in [0.25, 0.3) is 11.3 Å². The van der Waals surface area contributed by atoms with Crippen LogP contribution in [-0.4, -0.2) is 23.9 Å². The topological polar surface area (TPSA) is 72.5 Å². The predicted octanol–water partition coefficient (Wildman–Crippen LogP) is 4.89. The molecule has 1 aliphatic rings. The number of aliphatic imine (C=N–C) groups is 1. The molecule has 1 aromatic heterocycles. The molecule has 0 spiro atoms. The fourth-order valence-electron chi connectivity index (χ4n) is 3.63. The Bertz CT molecular complexity index is 1190. The molecule has 0 radical (unpaired) electrons. The van der Waals surface area contributed by atoms with E-state index in [2.05, 4.69) is 29.1 Å². The van der Waals surface area contributed by atoms with Gasteiger partial charge in [-0.05, 0) is 35.2 Å². The number of pyridine rings is 1. The molecule has 0 saturated carbocycles. The molecule has 0 fully saturated rings. The van der Waals surface area contributed by atoms with E-state index in [1.54, 1.807) is 24.5 Å². The van der Waals surface area contributed by atoms with Gasteiger partial charge in [-0.2, -0.15) is 0 Å². The Balaban J connectivity index is 1.64. The van der Waals surface area contributed by atoms with E-state index in [9.17, 15) is 4.39 Å². The van der Waals surface area contributed by atoms with E-state index < -0.39 is 11.6 Å². The second-order valence-corrected chi connectivity index (χ2v) is 8.13. The van der Waals surface area contributed by atoms with Crippen molar-refractivity contribution in [1.82, 2.24) is 10.3 Å². The molecule has 1 aliphatic heterocycles. The van der Waals surface area contributed by atoms with Gasteiger partial charge in [-0.1, -0.05) is 38.1 Å². The van der Waals surface area contributed by atoms with Crippen molar-refractivity contribution < 1.29 is 13.5 Å². The number of amidine groups is 1. The quantitative estimate of drug-likeness (QED) is 0.540. The van der Waals surface area contributed by atoms with Crippen molar-refractivity contribution in [3.8, 4) is 5.75 Å². The van der Waals surface area contributed by atoms with Crippen molar-refractivity contribution in [2.45, 2.75) is 26.4 Å². The van der Waals surface area contributed by atoms with E-state index in [1.165, 1.54) is 5.56 Å². The minimum Gasteiger partial charge on any atom is -0.486 e. The maximum Gasteiger partial charge on any atom is 0.165 e. The van der Waals surface area contributed by atoms with E-state index in [-0.39, 0.29) is 23.6 Å². The molecule has 7 heteroatoms. The zero-order valence-electron chi connectivity index (χ0n) is 18.6. The molecule has 0 bridgehead atoms. The number of rotatable bonds is 7. The lowest BCUT2D eigenvalue weighted by Gasteiger charge is -2.16. The number of nitrogens with two attached hydrogens (primary N) is 1. The zero-order chi connectivity index (χ0) is 23.4. The van der Waals surface area contributed by atoms with Crippen LogP contribution in [0.4, 0.5) is 8.78 Å². The van der Waals surface area contributed by atoms with Crippen LogP contribution in [0.2, 0.25) is 0 Å². The summed E-state index contributed by atoms with van der Waals surface area (Å²) in [5, 5.41) is 3.10. The van der Waals surface area contributed by atoms with Gasteiger partial charge in [0.25, 0.3) is 0 Å². The first kappa shape index (κ1) is 22.5. The number of nitrogens with one attached hydrogen (secondary N) is 1. The minimum absolute atomic E-state index is 0.0172. The number of halogens is 2. The van der Waals surface area contributed by atoms with Gasteiger partial charge in [0.05, 0.1) is 17.8 Å². The van der Waals surface area contributed by atoms with E-state index in [0.717, 1.165) is 17.7 Å². The number of aromatic nitrogens is 1. The lowest BCUT2D eigenvalue weighted by atomic mass is 9.98. The van der Waals surface area contributed by atoms with Gasteiger partial charge in [0.1, 0.15) is 18.3 Å². The standard InChI is InChI=1S/C26H26F2N4O/c1-16(2)18-5-3-17(4-6-18)15-33-23-14-21(27)20(13-22(23)28)24(26-31-11-12-32-26)25(29)19-7-9-30-10-8-19/h3-10,13-14,16H,11-12,15,29H2,1-2H3,(H,31,32). The first-order valence-electron chi connectivity index (χ1n) is 10.8.